The van der Waals surface area contributed by atoms with E-state index in [1.807, 2.05) is 59.4 Å². The summed E-state index contributed by atoms with van der Waals surface area (Å²) in [5, 5.41) is 8.40. The third-order valence-corrected chi connectivity index (χ3v) is 4.38. The maximum absolute atomic E-state index is 12.8. The van der Waals surface area contributed by atoms with Gasteiger partial charge in [0.05, 0.1) is 23.4 Å². The van der Waals surface area contributed by atoms with Crippen molar-refractivity contribution in [2.45, 2.75) is 6.54 Å². The Morgan fingerprint density at radius 3 is 2.63 bits per heavy atom. The summed E-state index contributed by atoms with van der Waals surface area (Å²) in [6.45, 7) is 0.475. The van der Waals surface area contributed by atoms with Crippen LogP contribution in [0.15, 0.2) is 72.9 Å². The summed E-state index contributed by atoms with van der Waals surface area (Å²) in [4.78, 5) is 12.8. The van der Waals surface area contributed by atoms with Crippen LogP contribution in [0.5, 0.6) is 0 Å². The lowest BCUT2D eigenvalue weighted by atomic mass is 10.1. The molecule has 6 nitrogen and oxygen atoms in total. The van der Waals surface area contributed by atoms with Crippen LogP contribution < -0.4 is 16.8 Å². The molecule has 1 heterocycles. The summed E-state index contributed by atoms with van der Waals surface area (Å²) in [6.07, 6.45) is 1.93. The fourth-order valence-electron chi connectivity index (χ4n) is 3.03. The number of carbonyl (C=O) groups is 1. The fourth-order valence-corrected chi connectivity index (χ4v) is 3.03. The Kier molecular flexibility index (Phi) is 4.22. The second kappa shape index (κ2) is 6.84. The molecule has 0 unspecified atom stereocenters. The number of para-hydroxylation sites is 2. The lowest BCUT2D eigenvalue weighted by Crippen LogP contribution is -2.16. The summed E-state index contributed by atoms with van der Waals surface area (Å²) in [5.41, 5.74) is 15.9. The number of carbonyl (C=O) groups excluding carboxylic acids is 1. The molecule has 0 spiro atoms. The molecule has 0 aliphatic carbocycles. The number of rotatable bonds is 4. The smallest absolute Gasteiger partial charge is 0.256 e. The zero-order chi connectivity index (χ0) is 18.8. The molecule has 134 valence electrons. The molecule has 1 amide bonds. The number of hydrogen-bond donors (Lipinski definition) is 3. The maximum Gasteiger partial charge on any atom is 0.256 e. The zero-order valence-corrected chi connectivity index (χ0v) is 14.6. The predicted molar refractivity (Wildman–Crippen MR) is 108 cm³/mol. The van der Waals surface area contributed by atoms with Gasteiger partial charge in [0, 0.05) is 22.8 Å². The van der Waals surface area contributed by atoms with Gasteiger partial charge in [0.1, 0.15) is 0 Å². The Morgan fingerprint density at radius 1 is 1.00 bits per heavy atom. The number of anilines is 3. The Morgan fingerprint density at radius 2 is 1.78 bits per heavy atom. The normalized spacial score (nSPS) is 10.8. The van der Waals surface area contributed by atoms with Crippen molar-refractivity contribution in [3.63, 3.8) is 0 Å². The maximum atomic E-state index is 12.8. The number of aromatic nitrogens is 2. The monoisotopic (exact) mass is 357 g/mol. The molecule has 0 radical (unpaired) electrons. The minimum Gasteiger partial charge on any atom is -0.399 e. The molecule has 4 rings (SSSR count). The van der Waals surface area contributed by atoms with E-state index >= 15 is 0 Å². The molecule has 6 heteroatoms. The molecule has 1 aromatic heterocycles. The summed E-state index contributed by atoms with van der Waals surface area (Å²) < 4.78 is 1.81. The van der Waals surface area contributed by atoms with E-state index in [1.54, 1.807) is 18.2 Å². The highest BCUT2D eigenvalue weighted by molar-refractivity contribution is 6.06. The van der Waals surface area contributed by atoms with Crippen LogP contribution in [0.2, 0.25) is 0 Å². The first-order valence-electron chi connectivity index (χ1n) is 8.56. The summed E-state index contributed by atoms with van der Waals surface area (Å²) >= 11 is 0. The number of nitrogens with two attached hydrogens (primary N) is 2. The van der Waals surface area contributed by atoms with Gasteiger partial charge in [0.25, 0.3) is 5.91 Å². The molecule has 5 N–H and O–H groups in total. The van der Waals surface area contributed by atoms with Crippen LogP contribution in [0, 0.1) is 0 Å². The van der Waals surface area contributed by atoms with Crippen LogP contribution in [-0.4, -0.2) is 15.7 Å². The molecule has 0 bridgehead atoms. The molecule has 0 fully saturated rings. The molecule has 3 aromatic carbocycles. The molecule has 27 heavy (non-hydrogen) atoms. The van der Waals surface area contributed by atoms with Gasteiger partial charge in [-0.15, -0.1) is 0 Å². The number of benzene rings is 3. The number of nitrogens with zero attached hydrogens (tertiary/aromatic N) is 2. The highest BCUT2D eigenvalue weighted by Crippen LogP contribution is 2.20. The van der Waals surface area contributed by atoms with E-state index in [0.29, 0.717) is 29.2 Å². The number of fused-ring (bicyclic) bond motifs is 1. The van der Waals surface area contributed by atoms with Crippen LogP contribution in [0.25, 0.3) is 10.9 Å². The molecule has 4 aromatic rings. The second-order valence-electron chi connectivity index (χ2n) is 6.34. The van der Waals surface area contributed by atoms with Gasteiger partial charge in [-0.1, -0.05) is 30.3 Å². The van der Waals surface area contributed by atoms with Crippen LogP contribution in [0.4, 0.5) is 17.1 Å². The van der Waals surface area contributed by atoms with E-state index in [2.05, 4.69) is 10.4 Å². The van der Waals surface area contributed by atoms with Crippen molar-refractivity contribution < 1.29 is 4.79 Å². The molecule has 0 aliphatic heterocycles. The van der Waals surface area contributed by atoms with Crippen molar-refractivity contribution in [3.05, 3.63) is 84.1 Å². The molecule has 0 atom stereocenters. The highest BCUT2D eigenvalue weighted by Gasteiger charge is 2.13. The van der Waals surface area contributed by atoms with Crippen LogP contribution in [0.1, 0.15) is 15.9 Å². The predicted octanol–water partition coefficient (Wildman–Crippen LogP) is 3.50. The summed E-state index contributed by atoms with van der Waals surface area (Å²) in [5.74, 6) is -0.204. The third-order valence-electron chi connectivity index (χ3n) is 4.38. The first kappa shape index (κ1) is 16.7. The molecular formula is C21H19N5O. The lowest BCUT2D eigenvalue weighted by Gasteiger charge is -2.11. The second-order valence-corrected chi connectivity index (χ2v) is 6.34. The minimum absolute atomic E-state index is 0.204. The molecular weight excluding hydrogens is 338 g/mol. The van der Waals surface area contributed by atoms with Crippen molar-refractivity contribution in [3.8, 4) is 0 Å². The number of nitrogens with one attached hydrogen (secondary N) is 1. The van der Waals surface area contributed by atoms with E-state index in [9.17, 15) is 4.79 Å². The number of hydrogen-bond acceptors (Lipinski definition) is 4. The van der Waals surface area contributed by atoms with Crippen LogP contribution >= 0.6 is 0 Å². The van der Waals surface area contributed by atoms with E-state index in [4.69, 9.17) is 11.5 Å². The van der Waals surface area contributed by atoms with E-state index in [1.165, 1.54) is 0 Å². The van der Waals surface area contributed by atoms with Crippen molar-refractivity contribution in [1.82, 2.24) is 9.78 Å². The van der Waals surface area contributed by atoms with Crippen molar-refractivity contribution in [1.29, 1.82) is 0 Å². The number of amides is 1. The quantitative estimate of drug-likeness (QED) is 0.487. The van der Waals surface area contributed by atoms with Gasteiger partial charge in [0.2, 0.25) is 0 Å². The average molecular weight is 357 g/mol. The van der Waals surface area contributed by atoms with Gasteiger partial charge in [-0.05, 0) is 42.0 Å². The first-order chi connectivity index (χ1) is 13.1. The molecule has 0 aliphatic rings. The molecule has 0 saturated heterocycles. The lowest BCUT2D eigenvalue weighted by molar-refractivity contribution is 0.102. The number of nitrogen functional groups attached to an aromatic ring is 2. The Labute approximate surface area is 156 Å². The van der Waals surface area contributed by atoms with Gasteiger partial charge in [-0.3, -0.25) is 9.48 Å². The van der Waals surface area contributed by atoms with Gasteiger partial charge in [0.15, 0.2) is 0 Å². The van der Waals surface area contributed by atoms with Crippen molar-refractivity contribution >= 4 is 33.9 Å². The third kappa shape index (κ3) is 3.46. The average Bonchev–Trinajstić information content (AvgIpc) is 3.05. The van der Waals surface area contributed by atoms with Gasteiger partial charge in [-0.25, -0.2) is 0 Å². The Bertz CT molecular complexity index is 1130. The van der Waals surface area contributed by atoms with Crippen molar-refractivity contribution in [2.24, 2.45) is 0 Å². The molecule has 0 saturated carbocycles. The van der Waals surface area contributed by atoms with E-state index in [-0.39, 0.29) is 5.91 Å². The van der Waals surface area contributed by atoms with Gasteiger partial charge in [-0.2, -0.15) is 5.10 Å². The van der Waals surface area contributed by atoms with Gasteiger partial charge < -0.3 is 16.8 Å². The largest absolute Gasteiger partial charge is 0.399 e. The topological polar surface area (TPSA) is 99.0 Å². The van der Waals surface area contributed by atoms with Crippen LogP contribution in [0.3, 0.4) is 0 Å². The minimum atomic E-state index is -0.204. The van der Waals surface area contributed by atoms with E-state index < -0.39 is 0 Å². The summed E-state index contributed by atoms with van der Waals surface area (Å²) in [7, 11) is 0. The SMILES string of the molecule is Nc1ccc2nn(Cc3ccccc3C(=O)Nc3ccccc3N)cc2c1. The zero-order valence-electron chi connectivity index (χ0n) is 14.6. The standard InChI is InChI=1S/C21H19N5O/c22-16-9-10-19-15(11-16)13-26(25-19)12-14-5-1-2-6-17(14)21(27)24-20-8-4-3-7-18(20)23/h1-11,13H,12,22-23H2,(H,24,27). The Balaban J connectivity index is 1.62. The highest BCUT2D eigenvalue weighted by atomic mass is 16.1. The first-order valence-corrected chi connectivity index (χ1v) is 8.56. The fraction of sp³-hybridized carbons (Fsp3) is 0.0476. The van der Waals surface area contributed by atoms with E-state index in [0.717, 1.165) is 16.5 Å². The Hall–Kier alpha value is -3.80. The van der Waals surface area contributed by atoms with Crippen molar-refractivity contribution in [2.75, 3.05) is 16.8 Å². The summed E-state index contributed by atoms with van der Waals surface area (Å²) in [6, 6.07) is 20.3. The van der Waals surface area contributed by atoms with Gasteiger partial charge >= 0.3 is 0 Å². The van der Waals surface area contributed by atoms with Crippen LogP contribution in [-0.2, 0) is 6.54 Å².